The molecule has 9 nitrogen and oxygen atoms in total. The first kappa shape index (κ1) is 34.5. The standard InChI is InChI=1S/C32H23F9N4O5/c33-30(34,35)28(46)48-25-9-3-8-23-27(25)26(18-4-1-5-19(16-18)49-32(39,40)41)24(45(23)50-29(47)31(36,37)38)17-43-12-14-44(15-13-43)22-7-2-6-21-20(22)10-11-42-21/h1-11,16,42H,12-15,17H2. The number of rotatable bonds is 7. The fourth-order valence-corrected chi connectivity index (χ4v) is 5.82. The summed E-state index contributed by atoms with van der Waals surface area (Å²) in [5.41, 5.74) is 0.632. The Morgan fingerprint density at radius 3 is 2.14 bits per heavy atom. The van der Waals surface area contributed by atoms with Crippen molar-refractivity contribution in [3.63, 3.8) is 0 Å². The van der Waals surface area contributed by atoms with Crippen molar-refractivity contribution in [2.75, 3.05) is 31.1 Å². The van der Waals surface area contributed by atoms with Gasteiger partial charge in [-0.2, -0.15) is 31.1 Å². The van der Waals surface area contributed by atoms with E-state index in [2.05, 4.69) is 19.4 Å². The van der Waals surface area contributed by atoms with Crippen LogP contribution < -0.4 is 19.2 Å². The lowest BCUT2D eigenvalue weighted by Crippen LogP contribution is -2.46. The lowest BCUT2D eigenvalue weighted by Gasteiger charge is -2.36. The van der Waals surface area contributed by atoms with E-state index in [0.29, 0.717) is 17.8 Å². The molecule has 0 aliphatic carbocycles. The highest BCUT2D eigenvalue weighted by molar-refractivity contribution is 6.03. The molecule has 2 aromatic heterocycles. The van der Waals surface area contributed by atoms with Gasteiger partial charge >= 0.3 is 30.7 Å². The van der Waals surface area contributed by atoms with Crippen molar-refractivity contribution in [3.8, 4) is 22.6 Å². The van der Waals surface area contributed by atoms with E-state index >= 15 is 0 Å². The van der Waals surface area contributed by atoms with E-state index < -0.39 is 53.1 Å². The quantitative estimate of drug-likeness (QED) is 0.110. The number of nitrogens with zero attached hydrogens (tertiary/aromatic N) is 3. The van der Waals surface area contributed by atoms with Gasteiger partial charge in [0.25, 0.3) is 0 Å². The lowest BCUT2D eigenvalue weighted by atomic mass is 10.0. The molecule has 50 heavy (non-hydrogen) atoms. The van der Waals surface area contributed by atoms with Gasteiger partial charge in [0.15, 0.2) is 0 Å². The molecule has 1 N–H and O–H groups in total. The maximum Gasteiger partial charge on any atom is 0.573 e. The molecular formula is C32H23F9N4O5. The molecular weight excluding hydrogens is 691 g/mol. The number of nitrogens with one attached hydrogen (secondary N) is 1. The Labute approximate surface area is 275 Å². The first-order chi connectivity index (χ1) is 23.5. The summed E-state index contributed by atoms with van der Waals surface area (Å²) in [7, 11) is 0. The zero-order valence-electron chi connectivity index (χ0n) is 25.2. The third-order valence-corrected chi connectivity index (χ3v) is 7.86. The molecule has 1 saturated heterocycles. The Balaban J connectivity index is 1.48. The van der Waals surface area contributed by atoms with Gasteiger partial charge in [0.05, 0.1) is 16.6 Å². The number of carbonyl (C=O) groups excluding carboxylic acids is 2. The molecule has 0 amide bonds. The maximum absolute atomic E-state index is 13.5. The third-order valence-electron chi connectivity index (χ3n) is 7.86. The first-order valence-corrected chi connectivity index (χ1v) is 14.6. The minimum atomic E-state index is -5.53. The summed E-state index contributed by atoms with van der Waals surface area (Å²) < 4.78 is 129. The highest BCUT2D eigenvalue weighted by Crippen LogP contribution is 2.43. The number of ether oxygens (including phenoxy) is 2. The molecule has 264 valence electrons. The molecule has 1 aliphatic heterocycles. The fourth-order valence-electron chi connectivity index (χ4n) is 5.82. The van der Waals surface area contributed by atoms with Crippen LogP contribution >= 0.6 is 0 Å². The van der Waals surface area contributed by atoms with Crippen LogP contribution in [0.25, 0.3) is 32.9 Å². The van der Waals surface area contributed by atoms with Gasteiger partial charge in [-0.25, -0.2) is 9.59 Å². The molecule has 0 atom stereocenters. The van der Waals surface area contributed by atoms with E-state index in [1.165, 1.54) is 6.07 Å². The molecule has 18 heteroatoms. The van der Waals surface area contributed by atoms with Crippen LogP contribution in [0.1, 0.15) is 5.69 Å². The summed E-state index contributed by atoms with van der Waals surface area (Å²) >= 11 is 0. The van der Waals surface area contributed by atoms with Gasteiger partial charge in [0, 0.05) is 61.1 Å². The molecule has 0 radical (unpaired) electrons. The number of esters is 1. The summed E-state index contributed by atoms with van der Waals surface area (Å²) in [5, 5.41) is 0.501. The summed E-state index contributed by atoms with van der Waals surface area (Å²) in [4.78, 5) is 35.8. The van der Waals surface area contributed by atoms with Crippen LogP contribution in [0.15, 0.2) is 72.9 Å². The van der Waals surface area contributed by atoms with Crippen molar-refractivity contribution in [1.82, 2.24) is 14.6 Å². The highest BCUT2D eigenvalue weighted by Gasteiger charge is 2.44. The molecule has 1 fully saturated rings. The molecule has 6 rings (SSSR count). The topological polar surface area (TPSA) is 89.0 Å². The Hall–Kier alpha value is -5.39. The predicted octanol–water partition coefficient (Wildman–Crippen LogP) is 7.00. The summed E-state index contributed by atoms with van der Waals surface area (Å²) in [6, 6.07) is 14.7. The van der Waals surface area contributed by atoms with E-state index in [-0.39, 0.29) is 36.5 Å². The average Bonchev–Trinajstić information content (AvgIpc) is 3.63. The molecule has 0 unspecified atom stereocenters. The lowest BCUT2D eigenvalue weighted by molar-refractivity contribution is -0.274. The number of H-pyrrole nitrogens is 1. The molecule has 1 aliphatic rings. The van der Waals surface area contributed by atoms with Gasteiger partial charge in [-0.15, -0.1) is 13.2 Å². The second kappa shape index (κ2) is 12.8. The van der Waals surface area contributed by atoms with Crippen LogP contribution in [0.2, 0.25) is 0 Å². The van der Waals surface area contributed by atoms with Gasteiger partial charge < -0.3 is 24.2 Å². The van der Waals surface area contributed by atoms with Crippen LogP contribution in [0.3, 0.4) is 0 Å². The third kappa shape index (κ3) is 7.15. The zero-order chi connectivity index (χ0) is 36.0. The van der Waals surface area contributed by atoms with Crippen LogP contribution in [0.5, 0.6) is 11.5 Å². The van der Waals surface area contributed by atoms with Gasteiger partial charge in [0.2, 0.25) is 0 Å². The van der Waals surface area contributed by atoms with Gasteiger partial charge in [0.1, 0.15) is 11.5 Å². The van der Waals surface area contributed by atoms with Crippen LogP contribution in [0.4, 0.5) is 45.2 Å². The zero-order valence-corrected chi connectivity index (χ0v) is 25.2. The van der Waals surface area contributed by atoms with Gasteiger partial charge in [-0.1, -0.05) is 24.3 Å². The number of alkyl halides is 9. The molecule has 3 aromatic carbocycles. The molecule has 3 heterocycles. The minimum absolute atomic E-state index is 0.193. The monoisotopic (exact) mass is 714 g/mol. The van der Waals surface area contributed by atoms with Crippen LogP contribution in [-0.4, -0.2) is 71.4 Å². The minimum Gasteiger partial charge on any atom is -0.419 e. The summed E-state index contributed by atoms with van der Waals surface area (Å²) in [6.07, 6.45) is -14.4. The smallest absolute Gasteiger partial charge is 0.419 e. The van der Waals surface area contributed by atoms with Gasteiger partial charge in [-0.3, -0.25) is 4.90 Å². The number of hydrogen-bond donors (Lipinski definition) is 1. The second-order valence-electron chi connectivity index (χ2n) is 11.1. The summed E-state index contributed by atoms with van der Waals surface area (Å²) in [5.74, 6) is -6.96. The van der Waals surface area contributed by atoms with E-state index in [4.69, 9.17) is 4.84 Å². The number of aromatic nitrogens is 2. The number of piperazine rings is 1. The number of anilines is 1. The number of aromatic amines is 1. The average molecular weight is 715 g/mol. The molecule has 5 aromatic rings. The number of benzene rings is 3. The fraction of sp³-hybridized carbons (Fsp3) is 0.250. The molecule has 0 spiro atoms. The van der Waals surface area contributed by atoms with Crippen molar-refractivity contribution < 1.29 is 63.4 Å². The van der Waals surface area contributed by atoms with E-state index in [1.807, 2.05) is 24.3 Å². The Kier molecular flexibility index (Phi) is 8.83. The van der Waals surface area contributed by atoms with E-state index in [0.717, 1.165) is 53.0 Å². The Bertz CT molecular complexity index is 2060. The summed E-state index contributed by atoms with van der Waals surface area (Å²) in [6.45, 7) is 1.07. The van der Waals surface area contributed by atoms with E-state index in [1.54, 1.807) is 11.1 Å². The maximum atomic E-state index is 13.5. The van der Waals surface area contributed by atoms with Crippen molar-refractivity contribution in [2.45, 2.75) is 25.3 Å². The second-order valence-corrected chi connectivity index (χ2v) is 11.1. The van der Waals surface area contributed by atoms with Crippen molar-refractivity contribution in [3.05, 3.63) is 78.6 Å². The van der Waals surface area contributed by atoms with Crippen LogP contribution in [0, 0.1) is 0 Å². The Morgan fingerprint density at radius 2 is 1.46 bits per heavy atom. The molecule has 0 saturated carbocycles. The SMILES string of the molecule is O=C(Oc1cccc2c1c(-c1cccc(OC(F)(F)F)c1)c(CN1CCN(c3cccc4[nH]ccc34)CC1)n2OC(=O)C(F)(F)F)C(F)(F)F. The Morgan fingerprint density at radius 1 is 0.780 bits per heavy atom. The number of carbonyl (C=O) groups is 2. The number of halogens is 9. The van der Waals surface area contributed by atoms with Crippen molar-refractivity contribution >= 4 is 39.4 Å². The largest absolute Gasteiger partial charge is 0.573 e. The van der Waals surface area contributed by atoms with Crippen molar-refractivity contribution in [1.29, 1.82) is 0 Å². The van der Waals surface area contributed by atoms with E-state index in [9.17, 15) is 49.1 Å². The highest BCUT2D eigenvalue weighted by atomic mass is 19.4. The normalized spacial score (nSPS) is 14.7. The predicted molar refractivity (Wildman–Crippen MR) is 159 cm³/mol. The first-order valence-electron chi connectivity index (χ1n) is 14.6. The molecule has 0 bridgehead atoms. The van der Waals surface area contributed by atoms with Crippen LogP contribution in [-0.2, 0) is 16.1 Å². The number of fused-ring (bicyclic) bond motifs is 2. The van der Waals surface area contributed by atoms with Gasteiger partial charge in [-0.05, 0) is 48.0 Å². The number of hydrogen-bond acceptors (Lipinski definition) is 7. The van der Waals surface area contributed by atoms with Crippen molar-refractivity contribution in [2.24, 2.45) is 0 Å².